The van der Waals surface area contributed by atoms with E-state index < -0.39 is 12.2 Å². The molecule has 3 rings (SSSR count). The molecule has 0 saturated heterocycles. The number of nitrogens with one attached hydrogen (secondary N) is 1. The van der Waals surface area contributed by atoms with E-state index in [0.29, 0.717) is 16.9 Å². The van der Waals surface area contributed by atoms with E-state index in [4.69, 9.17) is 4.74 Å². The maximum absolute atomic E-state index is 12.2. The molecule has 1 aromatic carbocycles. The van der Waals surface area contributed by atoms with Crippen LogP contribution in [0.1, 0.15) is 5.69 Å². The van der Waals surface area contributed by atoms with Gasteiger partial charge in [0.2, 0.25) is 0 Å². The van der Waals surface area contributed by atoms with Crippen LogP contribution < -0.4 is 5.32 Å². The number of hydrogen-bond donors (Lipinski definition) is 1. The first-order valence-corrected chi connectivity index (χ1v) is 8.68. The Morgan fingerprint density at radius 1 is 1.25 bits per heavy atom. The number of amides is 1. The van der Waals surface area contributed by atoms with Crippen LogP contribution in [0.2, 0.25) is 0 Å². The number of ether oxygens (including phenoxy) is 2. The summed E-state index contributed by atoms with van der Waals surface area (Å²) in [5, 5.41) is 7.55. The number of anilines is 1. The summed E-state index contributed by atoms with van der Waals surface area (Å²) in [7, 11) is 2.63. The second kappa shape index (κ2) is 6.46. The van der Waals surface area contributed by atoms with Crippen LogP contribution in [-0.2, 0) is 9.47 Å². The molecule has 0 aliphatic heterocycles. The Balaban J connectivity index is 2.26. The second-order valence-electron chi connectivity index (χ2n) is 4.90. The number of hydrogen-bond acceptors (Lipinski definition) is 6. The molecule has 8 nitrogen and oxygen atoms in total. The maximum atomic E-state index is 12.2. The molecule has 2 heterocycles. The van der Waals surface area contributed by atoms with Gasteiger partial charge in [0.1, 0.15) is 0 Å². The minimum atomic E-state index is -0.567. The number of rotatable bonds is 2. The Morgan fingerprint density at radius 2 is 2.04 bits per heavy atom. The summed E-state index contributed by atoms with van der Waals surface area (Å²) in [4.78, 5) is 25.5. The van der Waals surface area contributed by atoms with Crippen molar-refractivity contribution in [3.05, 3.63) is 28.8 Å². The van der Waals surface area contributed by atoms with Crippen LogP contribution in [0, 0.1) is 6.92 Å². The summed E-state index contributed by atoms with van der Waals surface area (Å²) >= 11 is -0.0384. The first-order valence-electron chi connectivity index (χ1n) is 6.92. The van der Waals surface area contributed by atoms with Gasteiger partial charge in [-0.1, -0.05) is 0 Å². The van der Waals surface area contributed by atoms with Gasteiger partial charge in [-0.05, 0) is 0 Å². The number of fused-ring (bicyclic) bond motifs is 1. The topological polar surface area (TPSA) is 95.3 Å². The summed E-state index contributed by atoms with van der Waals surface area (Å²) in [5.41, 5.74) is 3.44. The monoisotopic (exact) mass is 394 g/mol. The summed E-state index contributed by atoms with van der Waals surface area (Å²) in [5.74, 6) is 0. The van der Waals surface area contributed by atoms with Crippen LogP contribution >= 0.6 is 0 Å². The van der Waals surface area contributed by atoms with Gasteiger partial charge < -0.3 is 0 Å². The Bertz CT molecular complexity index is 917. The fourth-order valence-electron chi connectivity index (χ4n) is 2.59. The molecule has 24 heavy (non-hydrogen) atoms. The number of carbonyl (C=O) groups is 2. The van der Waals surface area contributed by atoms with Gasteiger partial charge in [0, 0.05) is 0 Å². The van der Waals surface area contributed by atoms with E-state index in [2.05, 4.69) is 19.2 Å². The minimum absolute atomic E-state index is 0.0384. The van der Waals surface area contributed by atoms with Crippen molar-refractivity contribution in [3.63, 3.8) is 0 Å². The van der Waals surface area contributed by atoms with Crippen molar-refractivity contribution < 1.29 is 19.1 Å². The summed E-state index contributed by atoms with van der Waals surface area (Å²) in [6, 6.07) is 5.21. The first kappa shape index (κ1) is 16.2. The average Bonchev–Trinajstić information content (AvgIpc) is 3.19. The Morgan fingerprint density at radius 3 is 2.67 bits per heavy atom. The van der Waals surface area contributed by atoms with E-state index in [1.807, 2.05) is 11.9 Å². The first-order chi connectivity index (χ1) is 11.6. The van der Waals surface area contributed by atoms with E-state index in [0.717, 1.165) is 16.6 Å². The predicted octanol–water partition coefficient (Wildman–Crippen LogP) is 2.26. The number of aromatic nitrogens is 3. The SMILES string of the molecule is COC(=O)Nc1ccc2c(c1)c(-c1c[se]nn1)c(C)n2C(=O)OC. The molecular formula is C15H14N4O4Se. The van der Waals surface area contributed by atoms with Crippen LogP contribution in [0.25, 0.3) is 22.2 Å². The molecule has 2 aromatic heterocycles. The zero-order chi connectivity index (χ0) is 17.3. The van der Waals surface area contributed by atoms with E-state index in [1.54, 1.807) is 18.2 Å². The molecule has 3 aromatic rings. The molecule has 0 aliphatic rings. The molecule has 1 amide bonds. The quantitative estimate of drug-likeness (QED) is 0.671. The molecule has 0 saturated carbocycles. The van der Waals surface area contributed by atoms with Crippen molar-refractivity contribution in [1.82, 2.24) is 13.8 Å². The molecule has 0 spiro atoms. The average molecular weight is 393 g/mol. The van der Waals surface area contributed by atoms with Gasteiger partial charge in [-0.15, -0.1) is 0 Å². The standard InChI is InChI=1S/C15H14N4O4Se/c1-8-13(11-7-24-18-17-11)10-6-9(16-14(20)22-2)4-5-12(10)19(8)15(21)23-3/h4-7H,1-3H3,(H,16,20). The van der Waals surface area contributed by atoms with Crippen LogP contribution in [0.3, 0.4) is 0 Å². The third kappa shape index (κ3) is 2.68. The Kier molecular flexibility index (Phi) is 4.37. The van der Waals surface area contributed by atoms with Gasteiger partial charge in [-0.25, -0.2) is 0 Å². The molecule has 1 N–H and O–H groups in total. The Hall–Kier alpha value is -2.64. The molecule has 0 bridgehead atoms. The molecule has 0 fully saturated rings. The number of benzene rings is 1. The van der Waals surface area contributed by atoms with Crippen LogP contribution in [-0.4, -0.2) is 54.9 Å². The van der Waals surface area contributed by atoms with E-state index in [-0.39, 0.29) is 14.7 Å². The van der Waals surface area contributed by atoms with Gasteiger partial charge in [0.25, 0.3) is 0 Å². The predicted molar refractivity (Wildman–Crippen MR) is 88.5 cm³/mol. The van der Waals surface area contributed by atoms with Gasteiger partial charge >= 0.3 is 143 Å². The van der Waals surface area contributed by atoms with Crippen molar-refractivity contribution in [2.45, 2.75) is 6.92 Å². The third-order valence-electron chi connectivity index (χ3n) is 3.61. The van der Waals surface area contributed by atoms with Crippen molar-refractivity contribution >= 4 is 43.5 Å². The van der Waals surface area contributed by atoms with Crippen molar-refractivity contribution in [2.75, 3.05) is 19.5 Å². The molecule has 9 heteroatoms. The van der Waals surface area contributed by atoms with Crippen molar-refractivity contribution in [3.8, 4) is 11.3 Å². The number of methoxy groups -OCH3 is 2. The van der Waals surface area contributed by atoms with E-state index in [1.165, 1.54) is 18.8 Å². The number of carbonyl (C=O) groups excluding carboxylic acids is 2. The normalized spacial score (nSPS) is 10.6. The molecule has 0 unspecified atom stereocenters. The van der Waals surface area contributed by atoms with Crippen LogP contribution in [0.5, 0.6) is 0 Å². The summed E-state index contributed by atoms with van der Waals surface area (Å²) in [6.45, 7) is 1.82. The van der Waals surface area contributed by atoms with Gasteiger partial charge in [-0.3, -0.25) is 0 Å². The third-order valence-corrected chi connectivity index (χ3v) is 4.67. The summed E-state index contributed by atoms with van der Waals surface area (Å²) < 4.78 is 15.0. The molecule has 124 valence electrons. The second-order valence-corrected chi connectivity index (χ2v) is 6.18. The van der Waals surface area contributed by atoms with Gasteiger partial charge in [0.15, 0.2) is 0 Å². The van der Waals surface area contributed by atoms with Crippen LogP contribution in [0.4, 0.5) is 15.3 Å². The fraction of sp³-hybridized carbons (Fsp3) is 0.200. The molecule has 0 radical (unpaired) electrons. The van der Waals surface area contributed by atoms with Gasteiger partial charge in [0.05, 0.1) is 0 Å². The summed E-state index contributed by atoms with van der Waals surface area (Å²) in [6.07, 6.45) is -1.05. The van der Waals surface area contributed by atoms with Crippen molar-refractivity contribution in [1.29, 1.82) is 0 Å². The zero-order valence-corrected chi connectivity index (χ0v) is 14.9. The van der Waals surface area contributed by atoms with Crippen molar-refractivity contribution in [2.24, 2.45) is 0 Å². The fourth-order valence-corrected chi connectivity index (χ4v) is 3.53. The van der Waals surface area contributed by atoms with E-state index >= 15 is 0 Å². The molecule has 0 atom stereocenters. The zero-order valence-electron chi connectivity index (χ0n) is 13.2. The van der Waals surface area contributed by atoms with Gasteiger partial charge in [-0.2, -0.15) is 0 Å². The molecular weight excluding hydrogens is 379 g/mol. The van der Waals surface area contributed by atoms with E-state index in [9.17, 15) is 9.59 Å². The van der Waals surface area contributed by atoms with Crippen LogP contribution in [0.15, 0.2) is 23.1 Å². The molecule has 0 aliphatic carbocycles. The Labute approximate surface area is 143 Å². The number of nitrogens with zero attached hydrogens (tertiary/aromatic N) is 3.